The summed E-state index contributed by atoms with van der Waals surface area (Å²) in [5, 5.41) is 2.89. The van der Waals surface area contributed by atoms with Crippen LogP contribution in [0, 0.1) is 5.92 Å². The molecule has 1 fully saturated rings. The van der Waals surface area contributed by atoms with E-state index in [1.807, 2.05) is 4.90 Å². The largest absolute Gasteiger partial charge is 0.356 e. The number of amides is 2. The van der Waals surface area contributed by atoms with E-state index in [1.54, 1.807) is 6.92 Å². The average Bonchev–Trinajstić information content (AvgIpc) is 2.79. The van der Waals surface area contributed by atoms with E-state index in [-0.39, 0.29) is 11.8 Å². The van der Waals surface area contributed by atoms with Crippen LogP contribution in [-0.2, 0) is 9.59 Å². The number of hydrogen-bond acceptors (Lipinski definition) is 2. The second-order valence-corrected chi connectivity index (χ2v) is 5.60. The Kier molecular flexibility index (Phi) is 6.16. The van der Waals surface area contributed by atoms with Crippen molar-refractivity contribution < 1.29 is 9.59 Å². The van der Waals surface area contributed by atoms with Crippen molar-refractivity contribution in [2.45, 2.75) is 58.9 Å². The zero-order valence-corrected chi connectivity index (χ0v) is 11.9. The number of carbonyl (C=O) groups is 2. The van der Waals surface area contributed by atoms with Crippen LogP contribution in [0.15, 0.2) is 0 Å². The van der Waals surface area contributed by atoms with Gasteiger partial charge in [-0.1, -0.05) is 26.7 Å². The number of rotatable bonds is 6. The normalized spacial score (nSPS) is 16.0. The molecule has 1 N–H and O–H groups in total. The molecule has 0 bridgehead atoms. The van der Waals surface area contributed by atoms with Gasteiger partial charge in [-0.25, -0.2) is 0 Å². The Hall–Kier alpha value is -1.06. The van der Waals surface area contributed by atoms with E-state index >= 15 is 0 Å². The lowest BCUT2D eigenvalue weighted by Crippen LogP contribution is -2.40. The number of carbonyl (C=O) groups excluding carboxylic acids is 2. The maximum Gasteiger partial charge on any atom is 0.221 e. The Labute approximate surface area is 110 Å². The lowest BCUT2D eigenvalue weighted by molar-refractivity contribution is -0.131. The summed E-state index contributed by atoms with van der Waals surface area (Å²) in [5.74, 6) is 0.610. The van der Waals surface area contributed by atoms with E-state index in [1.165, 1.54) is 12.8 Å². The molecule has 0 aromatic carbocycles. The molecule has 0 heterocycles. The van der Waals surface area contributed by atoms with Crippen molar-refractivity contribution in [2.75, 3.05) is 13.1 Å². The van der Waals surface area contributed by atoms with Gasteiger partial charge in [-0.2, -0.15) is 0 Å². The molecule has 1 aliphatic rings. The van der Waals surface area contributed by atoms with Crippen molar-refractivity contribution in [3.63, 3.8) is 0 Å². The van der Waals surface area contributed by atoms with E-state index in [0.29, 0.717) is 31.5 Å². The summed E-state index contributed by atoms with van der Waals surface area (Å²) >= 11 is 0. The summed E-state index contributed by atoms with van der Waals surface area (Å²) in [6.45, 7) is 7.01. The summed E-state index contributed by atoms with van der Waals surface area (Å²) in [4.78, 5) is 25.1. The minimum atomic E-state index is 0.0490. The molecule has 0 spiro atoms. The highest BCUT2D eigenvalue weighted by Gasteiger charge is 2.24. The van der Waals surface area contributed by atoms with E-state index < -0.39 is 0 Å². The first-order chi connectivity index (χ1) is 8.50. The minimum absolute atomic E-state index is 0.0490. The van der Waals surface area contributed by atoms with Crippen LogP contribution in [0.2, 0.25) is 0 Å². The smallest absolute Gasteiger partial charge is 0.221 e. The summed E-state index contributed by atoms with van der Waals surface area (Å²) in [7, 11) is 0. The average molecular weight is 254 g/mol. The first-order valence-electron chi connectivity index (χ1n) is 7.04. The zero-order valence-electron chi connectivity index (χ0n) is 11.9. The zero-order chi connectivity index (χ0) is 13.5. The first kappa shape index (κ1) is 15.0. The van der Waals surface area contributed by atoms with E-state index in [0.717, 1.165) is 12.8 Å². The van der Waals surface area contributed by atoms with E-state index in [2.05, 4.69) is 19.2 Å². The lowest BCUT2D eigenvalue weighted by atomic mass is 10.2. The highest BCUT2D eigenvalue weighted by Crippen LogP contribution is 2.23. The summed E-state index contributed by atoms with van der Waals surface area (Å²) in [6.07, 6.45) is 5.01. The molecular formula is C14H26N2O2. The van der Waals surface area contributed by atoms with Crippen molar-refractivity contribution in [2.24, 2.45) is 5.92 Å². The number of nitrogens with one attached hydrogen (secondary N) is 1. The van der Waals surface area contributed by atoms with Crippen molar-refractivity contribution >= 4 is 11.8 Å². The van der Waals surface area contributed by atoms with Gasteiger partial charge in [-0.3, -0.25) is 9.59 Å². The van der Waals surface area contributed by atoms with E-state index in [9.17, 15) is 9.59 Å². The standard InChI is InChI=1S/C14H26N2O2/c1-11(2)10-15-14(18)8-9-16(12(3)17)13-6-4-5-7-13/h11,13H,4-10H2,1-3H3,(H,15,18). The predicted octanol–water partition coefficient (Wildman–Crippen LogP) is 1.94. The molecule has 1 rings (SSSR count). The molecule has 0 aromatic rings. The Morgan fingerprint density at radius 3 is 2.39 bits per heavy atom. The fraction of sp³-hybridized carbons (Fsp3) is 0.857. The topological polar surface area (TPSA) is 49.4 Å². The van der Waals surface area contributed by atoms with Gasteiger partial charge in [0.05, 0.1) is 0 Å². The van der Waals surface area contributed by atoms with Crippen LogP contribution < -0.4 is 5.32 Å². The Bertz CT molecular complexity index is 284. The van der Waals surface area contributed by atoms with Crippen LogP contribution >= 0.6 is 0 Å². The molecule has 0 saturated heterocycles. The second kappa shape index (κ2) is 7.39. The Morgan fingerprint density at radius 1 is 1.28 bits per heavy atom. The summed E-state index contributed by atoms with van der Waals surface area (Å²) in [6, 6.07) is 0.361. The molecule has 104 valence electrons. The maximum atomic E-state index is 11.6. The van der Waals surface area contributed by atoms with Crippen LogP contribution in [0.25, 0.3) is 0 Å². The van der Waals surface area contributed by atoms with Crippen LogP contribution in [0.3, 0.4) is 0 Å². The van der Waals surface area contributed by atoms with Gasteiger partial charge in [0.25, 0.3) is 0 Å². The fourth-order valence-corrected chi connectivity index (χ4v) is 2.44. The van der Waals surface area contributed by atoms with Crippen LogP contribution in [0.4, 0.5) is 0 Å². The summed E-state index contributed by atoms with van der Waals surface area (Å²) < 4.78 is 0. The van der Waals surface area contributed by atoms with Crippen molar-refractivity contribution in [3.05, 3.63) is 0 Å². The van der Waals surface area contributed by atoms with Crippen LogP contribution in [0.1, 0.15) is 52.9 Å². The van der Waals surface area contributed by atoms with Gasteiger partial charge in [-0.05, 0) is 18.8 Å². The van der Waals surface area contributed by atoms with Gasteiger partial charge < -0.3 is 10.2 Å². The molecule has 0 aromatic heterocycles. The molecule has 1 aliphatic carbocycles. The number of hydrogen-bond donors (Lipinski definition) is 1. The van der Waals surface area contributed by atoms with Gasteiger partial charge in [0.15, 0.2) is 0 Å². The monoisotopic (exact) mass is 254 g/mol. The Morgan fingerprint density at radius 2 is 1.89 bits per heavy atom. The van der Waals surface area contributed by atoms with Crippen LogP contribution in [0.5, 0.6) is 0 Å². The Balaban J connectivity index is 2.33. The van der Waals surface area contributed by atoms with Gasteiger partial charge in [0, 0.05) is 32.5 Å². The third kappa shape index (κ3) is 5.07. The third-order valence-electron chi connectivity index (χ3n) is 3.46. The van der Waals surface area contributed by atoms with Crippen molar-refractivity contribution in [3.8, 4) is 0 Å². The quantitative estimate of drug-likeness (QED) is 0.787. The van der Waals surface area contributed by atoms with Crippen molar-refractivity contribution in [1.29, 1.82) is 0 Å². The maximum absolute atomic E-state index is 11.6. The molecule has 0 radical (unpaired) electrons. The SMILES string of the molecule is CC(=O)N(CCC(=O)NCC(C)C)C1CCCC1. The van der Waals surface area contributed by atoms with Gasteiger partial charge in [0.1, 0.15) is 0 Å². The lowest BCUT2D eigenvalue weighted by Gasteiger charge is -2.27. The molecule has 0 unspecified atom stereocenters. The van der Waals surface area contributed by atoms with Crippen molar-refractivity contribution in [1.82, 2.24) is 10.2 Å². The molecule has 4 nitrogen and oxygen atoms in total. The van der Waals surface area contributed by atoms with Gasteiger partial charge >= 0.3 is 0 Å². The summed E-state index contributed by atoms with van der Waals surface area (Å²) in [5.41, 5.74) is 0. The molecule has 1 saturated carbocycles. The molecular weight excluding hydrogens is 228 g/mol. The van der Waals surface area contributed by atoms with E-state index in [4.69, 9.17) is 0 Å². The second-order valence-electron chi connectivity index (χ2n) is 5.60. The molecule has 0 aliphatic heterocycles. The highest BCUT2D eigenvalue weighted by atomic mass is 16.2. The molecule has 18 heavy (non-hydrogen) atoms. The fourth-order valence-electron chi connectivity index (χ4n) is 2.44. The first-order valence-corrected chi connectivity index (χ1v) is 7.04. The van der Waals surface area contributed by atoms with Gasteiger partial charge in [-0.15, -0.1) is 0 Å². The number of nitrogens with zero attached hydrogens (tertiary/aromatic N) is 1. The highest BCUT2D eigenvalue weighted by molar-refractivity contribution is 5.78. The van der Waals surface area contributed by atoms with Gasteiger partial charge in [0.2, 0.25) is 11.8 Å². The molecule has 0 atom stereocenters. The minimum Gasteiger partial charge on any atom is -0.356 e. The third-order valence-corrected chi connectivity index (χ3v) is 3.46. The predicted molar refractivity (Wildman–Crippen MR) is 72.1 cm³/mol. The van der Waals surface area contributed by atoms with Crippen LogP contribution in [-0.4, -0.2) is 35.8 Å². The molecule has 2 amide bonds. The molecule has 4 heteroatoms.